The highest BCUT2D eigenvalue weighted by Gasteiger charge is 2.03. The molecule has 0 spiro atoms. The smallest absolute Gasteiger partial charge is 0.126 e. The van der Waals surface area contributed by atoms with Gasteiger partial charge in [-0.1, -0.05) is 18.2 Å². The lowest BCUT2D eigenvalue weighted by atomic mass is 10.1. The first kappa shape index (κ1) is 9.14. The van der Waals surface area contributed by atoms with Crippen molar-refractivity contribution in [2.24, 2.45) is 0 Å². The first-order valence-electron chi connectivity index (χ1n) is 3.64. The van der Waals surface area contributed by atoms with Crippen LogP contribution in [0.1, 0.15) is 12.5 Å². The van der Waals surface area contributed by atoms with Crippen LogP contribution in [-0.4, -0.2) is 7.11 Å². The van der Waals surface area contributed by atoms with Crippen LogP contribution >= 0.6 is 11.6 Å². The maximum Gasteiger partial charge on any atom is 0.126 e. The zero-order chi connectivity index (χ0) is 9.14. The predicted molar refractivity (Wildman–Crippen MR) is 52.7 cm³/mol. The minimum Gasteiger partial charge on any atom is -0.496 e. The summed E-state index contributed by atoms with van der Waals surface area (Å²) in [6.45, 7) is 5.76. The second-order valence-electron chi connectivity index (χ2n) is 2.62. The third-order valence-corrected chi connectivity index (χ3v) is 1.86. The van der Waals surface area contributed by atoms with Gasteiger partial charge in [0.05, 0.1) is 7.11 Å². The fraction of sp³-hybridized carbons (Fsp3) is 0.200. The Morgan fingerprint density at radius 2 is 2.17 bits per heavy atom. The molecule has 0 atom stereocenters. The first-order chi connectivity index (χ1) is 5.65. The molecule has 0 radical (unpaired) electrons. The van der Waals surface area contributed by atoms with Crippen LogP contribution in [0.2, 0.25) is 5.02 Å². The third kappa shape index (κ3) is 1.80. The van der Waals surface area contributed by atoms with Crippen LogP contribution in [0.4, 0.5) is 0 Å². The van der Waals surface area contributed by atoms with Crippen molar-refractivity contribution in [1.82, 2.24) is 0 Å². The summed E-state index contributed by atoms with van der Waals surface area (Å²) in [6, 6.07) is 5.49. The molecule has 0 aliphatic heterocycles. The van der Waals surface area contributed by atoms with E-state index in [0.717, 1.165) is 16.9 Å². The molecule has 0 unspecified atom stereocenters. The molecule has 0 amide bonds. The van der Waals surface area contributed by atoms with Crippen molar-refractivity contribution >= 4 is 17.2 Å². The summed E-state index contributed by atoms with van der Waals surface area (Å²) in [4.78, 5) is 0. The highest BCUT2D eigenvalue weighted by atomic mass is 35.5. The zero-order valence-electron chi connectivity index (χ0n) is 7.23. The zero-order valence-corrected chi connectivity index (χ0v) is 7.98. The van der Waals surface area contributed by atoms with Gasteiger partial charge in [-0.05, 0) is 30.7 Å². The standard InChI is InChI=1S/C10H11ClO/c1-7(2)9-6-8(11)4-5-10(9)12-3/h4-6H,1H2,2-3H3. The highest BCUT2D eigenvalue weighted by Crippen LogP contribution is 2.27. The summed E-state index contributed by atoms with van der Waals surface area (Å²) in [5.74, 6) is 0.812. The monoisotopic (exact) mass is 182 g/mol. The number of allylic oxidation sites excluding steroid dienone is 1. The minimum atomic E-state index is 0.703. The van der Waals surface area contributed by atoms with Crippen molar-refractivity contribution in [3.8, 4) is 5.75 Å². The molecule has 0 saturated carbocycles. The Bertz CT molecular complexity index is 305. The Morgan fingerprint density at radius 1 is 1.50 bits per heavy atom. The van der Waals surface area contributed by atoms with Crippen molar-refractivity contribution in [2.45, 2.75) is 6.92 Å². The molecule has 1 aromatic carbocycles. The van der Waals surface area contributed by atoms with Gasteiger partial charge in [0.2, 0.25) is 0 Å². The minimum absolute atomic E-state index is 0.703. The van der Waals surface area contributed by atoms with Crippen molar-refractivity contribution < 1.29 is 4.74 Å². The number of halogens is 1. The lowest BCUT2D eigenvalue weighted by molar-refractivity contribution is 0.413. The summed E-state index contributed by atoms with van der Waals surface area (Å²) >= 11 is 5.82. The molecular formula is C10H11ClO. The normalized spacial score (nSPS) is 9.58. The van der Waals surface area contributed by atoms with E-state index < -0.39 is 0 Å². The lowest BCUT2D eigenvalue weighted by Gasteiger charge is -2.07. The molecule has 64 valence electrons. The molecule has 1 nitrogen and oxygen atoms in total. The van der Waals surface area contributed by atoms with Crippen LogP contribution < -0.4 is 4.74 Å². The first-order valence-corrected chi connectivity index (χ1v) is 4.02. The quantitative estimate of drug-likeness (QED) is 0.682. The average molecular weight is 183 g/mol. The fourth-order valence-corrected chi connectivity index (χ4v) is 1.19. The highest BCUT2D eigenvalue weighted by molar-refractivity contribution is 6.30. The lowest BCUT2D eigenvalue weighted by Crippen LogP contribution is -1.88. The van der Waals surface area contributed by atoms with Crippen LogP contribution in [0.15, 0.2) is 24.8 Å². The van der Waals surface area contributed by atoms with Gasteiger partial charge in [-0.15, -0.1) is 0 Å². The maximum absolute atomic E-state index is 5.82. The Balaban J connectivity index is 3.21. The Hall–Kier alpha value is -0.950. The van der Waals surface area contributed by atoms with Gasteiger partial charge in [-0.2, -0.15) is 0 Å². The summed E-state index contributed by atoms with van der Waals surface area (Å²) in [7, 11) is 1.63. The number of rotatable bonds is 2. The van der Waals surface area contributed by atoms with Gasteiger partial charge in [0.1, 0.15) is 5.75 Å². The van der Waals surface area contributed by atoms with Crippen molar-refractivity contribution in [2.75, 3.05) is 7.11 Å². The van der Waals surface area contributed by atoms with Gasteiger partial charge in [0, 0.05) is 10.6 Å². The van der Waals surface area contributed by atoms with Gasteiger partial charge >= 0.3 is 0 Å². The molecule has 0 heterocycles. The van der Waals surface area contributed by atoms with Crippen LogP contribution in [0, 0.1) is 0 Å². The Kier molecular flexibility index (Phi) is 2.77. The molecule has 0 N–H and O–H groups in total. The summed E-state index contributed by atoms with van der Waals surface area (Å²) < 4.78 is 5.14. The molecule has 0 aliphatic rings. The van der Waals surface area contributed by atoms with Crippen LogP contribution in [0.3, 0.4) is 0 Å². The summed E-state index contributed by atoms with van der Waals surface area (Å²) in [6.07, 6.45) is 0. The van der Waals surface area contributed by atoms with Crippen LogP contribution in [0.25, 0.3) is 5.57 Å². The van der Waals surface area contributed by atoms with Crippen molar-refractivity contribution in [1.29, 1.82) is 0 Å². The van der Waals surface area contributed by atoms with Gasteiger partial charge < -0.3 is 4.74 Å². The maximum atomic E-state index is 5.82. The van der Waals surface area contributed by atoms with Gasteiger partial charge in [-0.3, -0.25) is 0 Å². The van der Waals surface area contributed by atoms with Crippen LogP contribution in [-0.2, 0) is 0 Å². The van der Waals surface area contributed by atoms with E-state index in [1.165, 1.54) is 0 Å². The second kappa shape index (κ2) is 3.63. The van der Waals surface area contributed by atoms with E-state index in [1.54, 1.807) is 13.2 Å². The largest absolute Gasteiger partial charge is 0.496 e. The average Bonchev–Trinajstić information content (AvgIpc) is 2.04. The molecule has 0 bridgehead atoms. The second-order valence-corrected chi connectivity index (χ2v) is 3.06. The van der Waals surface area contributed by atoms with E-state index in [2.05, 4.69) is 6.58 Å². The number of benzene rings is 1. The van der Waals surface area contributed by atoms with Gasteiger partial charge in [0.25, 0.3) is 0 Å². The Labute approximate surface area is 77.6 Å². The topological polar surface area (TPSA) is 9.23 Å². The third-order valence-electron chi connectivity index (χ3n) is 1.62. The van der Waals surface area contributed by atoms with Crippen molar-refractivity contribution in [3.63, 3.8) is 0 Å². The molecule has 0 aliphatic carbocycles. The molecule has 0 fully saturated rings. The van der Waals surface area contributed by atoms with E-state index >= 15 is 0 Å². The van der Waals surface area contributed by atoms with E-state index in [4.69, 9.17) is 16.3 Å². The van der Waals surface area contributed by atoms with E-state index in [-0.39, 0.29) is 0 Å². The number of ether oxygens (including phenoxy) is 1. The number of hydrogen-bond donors (Lipinski definition) is 0. The fourth-order valence-electron chi connectivity index (χ4n) is 1.01. The molecule has 1 aromatic rings. The Morgan fingerprint density at radius 3 is 2.67 bits per heavy atom. The predicted octanol–water partition coefficient (Wildman–Crippen LogP) is 3.38. The van der Waals surface area contributed by atoms with Gasteiger partial charge in [0.15, 0.2) is 0 Å². The van der Waals surface area contributed by atoms with E-state index in [0.29, 0.717) is 5.02 Å². The van der Waals surface area contributed by atoms with E-state index in [9.17, 15) is 0 Å². The molecule has 0 aromatic heterocycles. The molecular weight excluding hydrogens is 172 g/mol. The number of hydrogen-bond acceptors (Lipinski definition) is 1. The summed E-state index contributed by atoms with van der Waals surface area (Å²) in [5, 5.41) is 0.703. The molecule has 0 saturated heterocycles. The van der Waals surface area contributed by atoms with Crippen molar-refractivity contribution in [3.05, 3.63) is 35.4 Å². The molecule has 1 rings (SSSR count). The summed E-state index contributed by atoms with van der Waals surface area (Å²) in [5.41, 5.74) is 1.92. The van der Waals surface area contributed by atoms with E-state index in [1.807, 2.05) is 19.1 Å². The molecule has 12 heavy (non-hydrogen) atoms. The SMILES string of the molecule is C=C(C)c1cc(Cl)ccc1OC. The van der Waals surface area contributed by atoms with Gasteiger partial charge in [-0.25, -0.2) is 0 Å². The number of methoxy groups -OCH3 is 1. The molecule has 2 heteroatoms. The van der Waals surface area contributed by atoms with Crippen LogP contribution in [0.5, 0.6) is 5.75 Å².